The molecule has 0 aliphatic carbocycles. The van der Waals surface area contributed by atoms with Crippen LogP contribution in [0.1, 0.15) is 41.5 Å². The lowest BCUT2D eigenvalue weighted by atomic mass is 10.1. The molecule has 0 bridgehead atoms. The number of ether oxygens (including phenoxy) is 1. The summed E-state index contributed by atoms with van der Waals surface area (Å²) >= 11 is 0. The van der Waals surface area contributed by atoms with Crippen molar-refractivity contribution < 1.29 is 27.5 Å². The number of aromatic nitrogens is 1. The highest BCUT2D eigenvalue weighted by Gasteiger charge is 2.29. The molecule has 4 rings (SSSR count). The Balaban J connectivity index is 1.59. The summed E-state index contributed by atoms with van der Waals surface area (Å²) in [5, 5.41) is 2.95. The maximum absolute atomic E-state index is 13.2. The van der Waals surface area contributed by atoms with Crippen molar-refractivity contribution in [2.24, 2.45) is 0 Å². The lowest BCUT2D eigenvalue weighted by Crippen LogP contribution is -2.49. The molecule has 1 aromatic heterocycles. The Kier molecular flexibility index (Phi) is 8.17. The van der Waals surface area contributed by atoms with Crippen LogP contribution >= 0.6 is 0 Å². The van der Waals surface area contributed by atoms with Gasteiger partial charge in [-0.2, -0.15) is 4.31 Å². The summed E-state index contributed by atoms with van der Waals surface area (Å²) in [7, 11) is -3.87. The standard InChI is InChI=1S/C27H30N4O7S/c1-4-29-17-23(27(35)38-5-2)25(33)22-16-20(9-10-24(22)29)28-26(34)19-7-6-8-21(15-19)39(36,37)31-13-11-30(12-14-31)18(3)32/h6-10,15-17H,4-5,11-14H2,1-3H3,(H,28,34). The highest BCUT2D eigenvalue weighted by atomic mass is 32.2. The number of nitrogens with zero attached hydrogens (tertiary/aromatic N) is 3. The van der Waals surface area contributed by atoms with Gasteiger partial charge in [0.1, 0.15) is 5.56 Å². The molecule has 1 N–H and O–H groups in total. The van der Waals surface area contributed by atoms with Crippen LogP contribution in [0.3, 0.4) is 0 Å². The van der Waals surface area contributed by atoms with E-state index in [1.165, 1.54) is 47.8 Å². The fourth-order valence-electron chi connectivity index (χ4n) is 4.48. The quantitative estimate of drug-likeness (QED) is 0.443. The Bertz CT molecular complexity index is 1610. The third-order valence-corrected chi connectivity index (χ3v) is 8.49. The van der Waals surface area contributed by atoms with Gasteiger partial charge in [0.05, 0.1) is 17.0 Å². The summed E-state index contributed by atoms with van der Waals surface area (Å²) in [4.78, 5) is 51.6. The van der Waals surface area contributed by atoms with Gasteiger partial charge in [-0.05, 0) is 50.2 Å². The van der Waals surface area contributed by atoms with E-state index < -0.39 is 27.3 Å². The van der Waals surface area contributed by atoms with Crippen LogP contribution in [0.5, 0.6) is 0 Å². The zero-order valence-corrected chi connectivity index (χ0v) is 22.8. The molecule has 39 heavy (non-hydrogen) atoms. The minimum absolute atomic E-state index is 0.0325. The number of pyridine rings is 1. The monoisotopic (exact) mass is 554 g/mol. The molecule has 0 atom stereocenters. The number of anilines is 1. The number of esters is 1. The lowest BCUT2D eigenvalue weighted by molar-refractivity contribution is -0.129. The summed E-state index contributed by atoms with van der Waals surface area (Å²) < 4.78 is 34.4. The van der Waals surface area contributed by atoms with Crippen LogP contribution in [0.25, 0.3) is 10.9 Å². The van der Waals surface area contributed by atoms with E-state index in [0.29, 0.717) is 30.8 Å². The van der Waals surface area contributed by atoms with Crippen LogP contribution in [-0.2, 0) is 26.1 Å². The fraction of sp³-hybridized carbons (Fsp3) is 0.333. The second-order valence-corrected chi connectivity index (χ2v) is 10.9. The first kappa shape index (κ1) is 28.0. The smallest absolute Gasteiger partial charge is 0.343 e. The van der Waals surface area contributed by atoms with Crippen molar-refractivity contribution in [2.45, 2.75) is 32.2 Å². The molecule has 2 aromatic carbocycles. The topological polar surface area (TPSA) is 135 Å². The van der Waals surface area contributed by atoms with Crippen LogP contribution in [0.15, 0.2) is 58.4 Å². The molecular weight excluding hydrogens is 524 g/mol. The van der Waals surface area contributed by atoms with Crippen LogP contribution in [0.2, 0.25) is 0 Å². The molecular formula is C27H30N4O7S. The number of fused-ring (bicyclic) bond motifs is 1. The molecule has 1 fully saturated rings. The number of benzene rings is 2. The molecule has 0 spiro atoms. The fourth-order valence-corrected chi connectivity index (χ4v) is 5.95. The van der Waals surface area contributed by atoms with Gasteiger partial charge in [-0.25, -0.2) is 13.2 Å². The minimum Gasteiger partial charge on any atom is -0.462 e. The van der Waals surface area contributed by atoms with Crippen molar-refractivity contribution >= 4 is 44.4 Å². The molecule has 3 aromatic rings. The summed E-state index contributed by atoms with van der Waals surface area (Å²) in [5.74, 6) is -1.39. The largest absolute Gasteiger partial charge is 0.462 e. The maximum atomic E-state index is 13.2. The Labute approximate surface area is 226 Å². The van der Waals surface area contributed by atoms with Crippen molar-refractivity contribution in [3.63, 3.8) is 0 Å². The number of amides is 2. The average Bonchev–Trinajstić information content (AvgIpc) is 2.93. The number of hydrogen-bond acceptors (Lipinski definition) is 7. The molecule has 2 heterocycles. The van der Waals surface area contributed by atoms with Crippen molar-refractivity contribution in [3.05, 3.63) is 70.0 Å². The van der Waals surface area contributed by atoms with Gasteiger partial charge in [-0.1, -0.05) is 6.07 Å². The molecule has 2 amide bonds. The number of carbonyl (C=O) groups excluding carboxylic acids is 3. The lowest BCUT2D eigenvalue weighted by Gasteiger charge is -2.33. The van der Waals surface area contributed by atoms with Gasteiger partial charge in [-0.15, -0.1) is 0 Å². The SMILES string of the molecule is CCOC(=O)c1cn(CC)c2ccc(NC(=O)c3cccc(S(=O)(=O)N4CCN(C(C)=O)CC4)c3)cc2c1=O. The van der Waals surface area contributed by atoms with E-state index in [4.69, 9.17) is 4.74 Å². The van der Waals surface area contributed by atoms with Crippen molar-refractivity contribution in [1.29, 1.82) is 0 Å². The second kappa shape index (κ2) is 11.4. The highest BCUT2D eigenvalue weighted by molar-refractivity contribution is 7.89. The summed E-state index contributed by atoms with van der Waals surface area (Å²) in [6, 6.07) is 10.5. The third-order valence-electron chi connectivity index (χ3n) is 6.59. The van der Waals surface area contributed by atoms with E-state index in [2.05, 4.69) is 5.32 Å². The number of carbonyl (C=O) groups is 3. The zero-order valence-electron chi connectivity index (χ0n) is 22.0. The molecule has 0 saturated carbocycles. The Morgan fingerprint density at radius 2 is 1.72 bits per heavy atom. The Morgan fingerprint density at radius 3 is 2.36 bits per heavy atom. The molecule has 11 nitrogen and oxygen atoms in total. The molecule has 206 valence electrons. The van der Waals surface area contributed by atoms with Crippen molar-refractivity contribution in [2.75, 3.05) is 38.1 Å². The van der Waals surface area contributed by atoms with E-state index in [1.54, 1.807) is 28.5 Å². The highest BCUT2D eigenvalue weighted by Crippen LogP contribution is 2.22. The predicted octanol–water partition coefficient (Wildman–Crippen LogP) is 2.30. The maximum Gasteiger partial charge on any atom is 0.343 e. The minimum atomic E-state index is -3.87. The number of hydrogen-bond donors (Lipinski definition) is 1. The first-order chi connectivity index (χ1) is 18.6. The normalized spacial score (nSPS) is 14.3. The Morgan fingerprint density at radius 1 is 1.00 bits per heavy atom. The van der Waals surface area contributed by atoms with E-state index in [-0.39, 0.29) is 47.0 Å². The number of aryl methyl sites for hydroxylation is 1. The van der Waals surface area contributed by atoms with E-state index in [9.17, 15) is 27.6 Å². The number of sulfonamides is 1. The van der Waals surface area contributed by atoms with Crippen LogP contribution in [0, 0.1) is 0 Å². The van der Waals surface area contributed by atoms with E-state index in [1.807, 2.05) is 6.92 Å². The first-order valence-corrected chi connectivity index (χ1v) is 14.0. The summed E-state index contributed by atoms with van der Waals surface area (Å²) in [5.41, 5.74) is 0.400. The predicted molar refractivity (Wildman–Crippen MR) is 145 cm³/mol. The zero-order chi connectivity index (χ0) is 28.3. The number of piperazine rings is 1. The Hall–Kier alpha value is -4.03. The van der Waals surface area contributed by atoms with Gasteiger partial charge in [0.25, 0.3) is 5.91 Å². The summed E-state index contributed by atoms with van der Waals surface area (Å²) in [6.45, 7) is 6.53. The van der Waals surface area contributed by atoms with Gasteiger partial charge in [0, 0.05) is 62.5 Å². The van der Waals surface area contributed by atoms with Crippen molar-refractivity contribution in [1.82, 2.24) is 13.8 Å². The molecule has 1 saturated heterocycles. The molecule has 12 heteroatoms. The summed E-state index contributed by atoms with van der Waals surface area (Å²) in [6.07, 6.45) is 1.47. The van der Waals surface area contributed by atoms with Crippen LogP contribution < -0.4 is 10.7 Å². The molecule has 1 aliphatic heterocycles. The van der Waals surface area contributed by atoms with Crippen molar-refractivity contribution in [3.8, 4) is 0 Å². The second-order valence-electron chi connectivity index (χ2n) is 9.00. The van der Waals surface area contributed by atoms with Gasteiger partial charge in [0.15, 0.2) is 0 Å². The molecule has 0 radical (unpaired) electrons. The van der Waals surface area contributed by atoms with Gasteiger partial charge in [0.2, 0.25) is 21.4 Å². The molecule has 1 aliphatic rings. The van der Waals surface area contributed by atoms with Gasteiger partial charge >= 0.3 is 5.97 Å². The number of nitrogens with one attached hydrogen (secondary N) is 1. The first-order valence-electron chi connectivity index (χ1n) is 12.6. The van der Waals surface area contributed by atoms with E-state index in [0.717, 1.165) is 0 Å². The van der Waals surface area contributed by atoms with E-state index >= 15 is 0 Å². The molecule has 0 unspecified atom stereocenters. The number of rotatable bonds is 7. The van der Waals surface area contributed by atoms with Crippen LogP contribution in [-0.4, -0.2) is 72.8 Å². The van der Waals surface area contributed by atoms with Gasteiger partial charge in [-0.3, -0.25) is 14.4 Å². The van der Waals surface area contributed by atoms with Gasteiger partial charge < -0.3 is 19.5 Å². The third kappa shape index (κ3) is 5.71. The average molecular weight is 555 g/mol. The van der Waals surface area contributed by atoms with Crippen LogP contribution in [0.4, 0.5) is 5.69 Å².